The standard InChI is InChI=1S/C20H20F2N2O5S/c1-23(7-8-30(27,28)29)20(26)24-12-14(17-11-15(21)5-6-18(17)22)10-19(24)13-3-2-4-16(25)9-13/h2-6,9-11,19,25H,7-8,12H2,1H3,(H,27,28,29). The first-order valence-electron chi connectivity index (χ1n) is 8.97. The van der Waals surface area contributed by atoms with E-state index in [1.165, 1.54) is 24.1 Å². The molecule has 10 heteroatoms. The summed E-state index contributed by atoms with van der Waals surface area (Å²) in [7, 11) is -2.89. The van der Waals surface area contributed by atoms with E-state index >= 15 is 0 Å². The molecule has 0 radical (unpaired) electrons. The smallest absolute Gasteiger partial charge is 0.320 e. The van der Waals surface area contributed by atoms with E-state index in [0.29, 0.717) is 11.1 Å². The number of rotatable bonds is 5. The van der Waals surface area contributed by atoms with Crippen LogP contribution in [0.1, 0.15) is 17.2 Å². The minimum atomic E-state index is -4.26. The molecule has 30 heavy (non-hydrogen) atoms. The third-order valence-electron chi connectivity index (χ3n) is 4.78. The predicted octanol–water partition coefficient (Wildman–Crippen LogP) is 3.05. The highest BCUT2D eigenvalue weighted by Crippen LogP contribution is 2.37. The number of amides is 2. The summed E-state index contributed by atoms with van der Waals surface area (Å²) in [4.78, 5) is 15.4. The summed E-state index contributed by atoms with van der Waals surface area (Å²) in [6.45, 7) is -0.319. The van der Waals surface area contributed by atoms with Crippen molar-refractivity contribution in [3.8, 4) is 5.75 Å². The van der Waals surface area contributed by atoms with E-state index in [-0.39, 0.29) is 24.4 Å². The fraction of sp³-hybridized carbons (Fsp3) is 0.250. The third-order valence-corrected chi connectivity index (χ3v) is 5.48. The number of hydrogen-bond donors (Lipinski definition) is 2. The van der Waals surface area contributed by atoms with Crippen molar-refractivity contribution in [1.82, 2.24) is 9.80 Å². The number of carbonyl (C=O) groups is 1. The van der Waals surface area contributed by atoms with Crippen LogP contribution in [0.4, 0.5) is 13.6 Å². The van der Waals surface area contributed by atoms with Crippen LogP contribution in [0.15, 0.2) is 48.5 Å². The van der Waals surface area contributed by atoms with E-state index < -0.39 is 39.6 Å². The largest absolute Gasteiger partial charge is 0.508 e. The normalized spacial score (nSPS) is 16.5. The molecule has 1 heterocycles. The van der Waals surface area contributed by atoms with E-state index in [4.69, 9.17) is 4.55 Å². The van der Waals surface area contributed by atoms with Crippen LogP contribution >= 0.6 is 0 Å². The van der Waals surface area contributed by atoms with Crippen molar-refractivity contribution in [2.24, 2.45) is 0 Å². The van der Waals surface area contributed by atoms with Gasteiger partial charge in [-0.3, -0.25) is 4.55 Å². The highest BCUT2D eigenvalue weighted by Gasteiger charge is 2.33. The van der Waals surface area contributed by atoms with Gasteiger partial charge < -0.3 is 14.9 Å². The van der Waals surface area contributed by atoms with Crippen LogP contribution in [0, 0.1) is 11.6 Å². The number of nitrogens with zero attached hydrogens (tertiary/aromatic N) is 2. The third kappa shape index (κ3) is 4.95. The molecule has 160 valence electrons. The Hall–Kier alpha value is -2.98. The Labute approximate surface area is 172 Å². The quantitative estimate of drug-likeness (QED) is 0.700. The fourth-order valence-electron chi connectivity index (χ4n) is 3.27. The summed E-state index contributed by atoms with van der Waals surface area (Å²) in [5.74, 6) is -1.94. The topological polar surface area (TPSA) is 98.2 Å². The van der Waals surface area contributed by atoms with Gasteiger partial charge in [0.25, 0.3) is 10.1 Å². The average Bonchev–Trinajstić information content (AvgIpc) is 3.12. The van der Waals surface area contributed by atoms with Crippen LogP contribution in [0.3, 0.4) is 0 Å². The molecule has 0 saturated carbocycles. The van der Waals surface area contributed by atoms with Gasteiger partial charge in [0.15, 0.2) is 0 Å². The lowest BCUT2D eigenvalue weighted by molar-refractivity contribution is 0.164. The number of carbonyl (C=O) groups excluding carboxylic acids is 1. The zero-order valence-corrected chi connectivity index (χ0v) is 16.8. The van der Waals surface area contributed by atoms with Crippen LogP contribution in [-0.4, -0.2) is 59.8 Å². The van der Waals surface area contributed by atoms with Gasteiger partial charge in [0.2, 0.25) is 0 Å². The molecule has 0 aromatic heterocycles. The fourth-order valence-corrected chi connectivity index (χ4v) is 3.78. The number of phenols is 1. The van der Waals surface area contributed by atoms with Crippen molar-refractivity contribution in [3.63, 3.8) is 0 Å². The molecule has 0 bridgehead atoms. The summed E-state index contributed by atoms with van der Waals surface area (Å²) < 4.78 is 58.9. The van der Waals surface area contributed by atoms with Crippen LogP contribution in [-0.2, 0) is 10.1 Å². The molecular weight excluding hydrogens is 418 g/mol. The van der Waals surface area contributed by atoms with Gasteiger partial charge in [0.1, 0.15) is 17.4 Å². The number of halogens is 2. The van der Waals surface area contributed by atoms with Crippen LogP contribution in [0.2, 0.25) is 0 Å². The second-order valence-corrected chi connectivity index (χ2v) is 8.55. The molecule has 2 aromatic carbocycles. The number of benzene rings is 2. The Kier molecular flexibility index (Phi) is 6.09. The molecule has 0 saturated heterocycles. The van der Waals surface area contributed by atoms with Crippen molar-refractivity contribution in [1.29, 1.82) is 0 Å². The lowest BCUT2D eigenvalue weighted by Gasteiger charge is -2.30. The summed E-state index contributed by atoms with van der Waals surface area (Å²) in [6.07, 6.45) is 1.60. The maximum Gasteiger partial charge on any atom is 0.320 e. The molecule has 2 amide bonds. The summed E-state index contributed by atoms with van der Waals surface area (Å²) in [5.41, 5.74) is 0.922. The first kappa shape index (κ1) is 21.7. The van der Waals surface area contributed by atoms with Crippen LogP contribution < -0.4 is 0 Å². The molecular formula is C20H20F2N2O5S. The van der Waals surface area contributed by atoms with E-state index in [1.54, 1.807) is 18.2 Å². The molecule has 2 N–H and O–H groups in total. The molecule has 1 atom stereocenters. The Balaban J connectivity index is 1.95. The van der Waals surface area contributed by atoms with Crippen molar-refractivity contribution in [2.75, 3.05) is 25.9 Å². The second kappa shape index (κ2) is 8.41. The van der Waals surface area contributed by atoms with Crippen LogP contribution in [0.25, 0.3) is 5.57 Å². The van der Waals surface area contributed by atoms with E-state index in [0.717, 1.165) is 23.1 Å². The van der Waals surface area contributed by atoms with Gasteiger partial charge in [-0.1, -0.05) is 18.2 Å². The monoisotopic (exact) mass is 438 g/mol. The lowest BCUT2D eigenvalue weighted by atomic mass is 10.0. The number of hydrogen-bond acceptors (Lipinski definition) is 4. The average molecular weight is 438 g/mol. The van der Waals surface area contributed by atoms with E-state index in [9.17, 15) is 27.1 Å². The van der Waals surface area contributed by atoms with Crippen molar-refractivity contribution >= 4 is 21.7 Å². The maximum absolute atomic E-state index is 14.3. The summed E-state index contributed by atoms with van der Waals surface area (Å²) in [6, 6.07) is 7.92. The number of urea groups is 1. The van der Waals surface area contributed by atoms with Gasteiger partial charge >= 0.3 is 6.03 Å². The van der Waals surface area contributed by atoms with Crippen molar-refractivity contribution < 1.29 is 31.7 Å². The zero-order chi connectivity index (χ0) is 22.1. The molecule has 1 aliphatic heterocycles. The van der Waals surface area contributed by atoms with Crippen molar-refractivity contribution in [3.05, 3.63) is 71.3 Å². The van der Waals surface area contributed by atoms with Crippen molar-refractivity contribution in [2.45, 2.75) is 6.04 Å². The Morgan fingerprint density at radius 1 is 1.23 bits per heavy atom. The van der Waals surface area contributed by atoms with Gasteiger partial charge in [0, 0.05) is 25.7 Å². The summed E-state index contributed by atoms with van der Waals surface area (Å²) >= 11 is 0. The Bertz CT molecular complexity index is 1100. The van der Waals surface area contributed by atoms with Gasteiger partial charge in [0.05, 0.1) is 11.8 Å². The van der Waals surface area contributed by atoms with Gasteiger partial charge in [-0.05, 0) is 41.5 Å². The predicted molar refractivity (Wildman–Crippen MR) is 106 cm³/mol. The van der Waals surface area contributed by atoms with E-state index in [1.807, 2.05) is 0 Å². The van der Waals surface area contributed by atoms with E-state index in [2.05, 4.69) is 0 Å². The first-order chi connectivity index (χ1) is 14.0. The first-order valence-corrected chi connectivity index (χ1v) is 10.6. The van der Waals surface area contributed by atoms with Gasteiger partial charge in [-0.25, -0.2) is 13.6 Å². The highest BCUT2D eigenvalue weighted by atomic mass is 32.2. The molecule has 0 spiro atoms. The number of aromatic hydroxyl groups is 1. The number of phenolic OH excluding ortho intramolecular Hbond substituents is 1. The minimum absolute atomic E-state index is 0.0102. The second-order valence-electron chi connectivity index (χ2n) is 6.97. The van der Waals surface area contributed by atoms with Gasteiger partial charge in [-0.15, -0.1) is 0 Å². The Morgan fingerprint density at radius 3 is 2.63 bits per heavy atom. The SMILES string of the molecule is CN(CCS(=O)(=O)O)C(=O)N1CC(c2cc(F)ccc2F)=CC1c1cccc(O)c1. The molecule has 0 fully saturated rings. The summed E-state index contributed by atoms with van der Waals surface area (Å²) in [5, 5.41) is 9.81. The highest BCUT2D eigenvalue weighted by molar-refractivity contribution is 7.85. The molecule has 7 nitrogen and oxygen atoms in total. The van der Waals surface area contributed by atoms with Gasteiger partial charge in [-0.2, -0.15) is 8.42 Å². The minimum Gasteiger partial charge on any atom is -0.508 e. The molecule has 0 aliphatic carbocycles. The molecule has 3 rings (SSSR count). The van der Waals surface area contributed by atoms with Crippen LogP contribution in [0.5, 0.6) is 5.75 Å². The zero-order valence-electron chi connectivity index (χ0n) is 16.0. The maximum atomic E-state index is 14.3. The molecule has 1 unspecified atom stereocenters. The Morgan fingerprint density at radius 2 is 1.97 bits per heavy atom. The molecule has 2 aromatic rings. The molecule has 1 aliphatic rings. The lowest BCUT2D eigenvalue weighted by Crippen LogP contribution is -2.43.